The lowest BCUT2D eigenvalue weighted by Crippen LogP contribution is -2.43. The van der Waals surface area contributed by atoms with Crippen molar-refractivity contribution in [1.82, 2.24) is 10.2 Å². The highest BCUT2D eigenvalue weighted by molar-refractivity contribution is 4.75. The first-order valence-electron chi connectivity index (χ1n) is 6.57. The van der Waals surface area contributed by atoms with Gasteiger partial charge in [-0.1, -0.05) is 20.8 Å². The van der Waals surface area contributed by atoms with E-state index in [1.165, 1.54) is 32.5 Å². The molecular weight excluding hydrogens is 184 g/mol. The third-order valence-corrected chi connectivity index (χ3v) is 3.48. The monoisotopic (exact) mass is 212 g/mol. The Labute approximate surface area is 95.4 Å². The average molecular weight is 212 g/mol. The van der Waals surface area contributed by atoms with Gasteiger partial charge in [0.1, 0.15) is 0 Å². The number of piperidine rings is 1. The van der Waals surface area contributed by atoms with Crippen LogP contribution in [0.2, 0.25) is 0 Å². The van der Waals surface area contributed by atoms with Crippen LogP contribution in [-0.4, -0.2) is 37.1 Å². The van der Waals surface area contributed by atoms with Gasteiger partial charge in [0.25, 0.3) is 0 Å². The van der Waals surface area contributed by atoms with E-state index in [2.05, 4.69) is 37.9 Å². The SMILES string of the molecule is CCC(C)NCCN1CC(C)CC(C)C1. The molecule has 3 unspecified atom stereocenters. The normalized spacial score (nSPS) is 30.4. The summed E-state index contributed by atoms with van der Waals surface area (Å²) in [5, 5.41) is 3.57. The van der Waals surface area contributed by atoms with Crippen LogP contribution in [0.25, 0.3) is 0 Å². The molecule has 3 atom stereocenters. The van der Waals surface area contributed by atoms with Gasteiger partial charge >= 0.3 is 0 Å². The summed E-state index contributed by atoms with van der Waals surface area (Å²) < 4.78 is 0. The predicted octanol–water partition coefficient (Wildman–Crippen LogP) is 2.35. The maximum Gasteiger partial charge on any atom is 0.0107 e. The van der Waals surface area contributed by atoms with Gasteiger partial charge in [0.15, 0.2) is 0 Å². The van der Waals surface area contributed by atoms with Crippen molar-refractivity contribution in [3.05, 3.63) is 0 Å². The minimum atomic E-state index is 0.671. The lowest BCUT2D eigenvalue weighted by Gasteiger charge is -2.35. The second-order valence-corrected chi connectivity index (χ2v) is 5.47. The number of likely N-dealkylation sites (tertiary alicyclic amines) is 1. The van der Waals surface area contributed by atoms with Gasteiger partial charge in [0, 0.05) is 32.2 Å². The van der Waals surface area contributed by atoms with E-state index >= 15 is 0 Å². The number of nitrogens with one attached hydrogen (secondary N) is 1. The molecule has 0 amide bonds. The van der Waals surface area contributed by atoms with Crippen LogP contribution >= 0.6 is 0 Å². The molecule has 1 aliphatic heterocycles. The van der Waals surface area contributed by atoms with Crippen molar-refractivity contribution in [2.75, 3.05) is 26.2 Å². The first-order chi connectivity index (χ1) is 7.11. The van der Waals surface area contributed by atoms with E-state index in [-0.39, 0.29) is 0 Å². The minimum Gasteiger partial charge on any atom is -0.313 e. The van der Waals surface area contributed by atoms with Gasteiger partial charge in [0.05, 0.1) is 0 Å². The van der Waals surface area contributed by atoms with E-state index in [4.69, 9.17) is 0 Å². The molecule has 0 spiro atoms. The third-order valence-electron chi connectivity index (χ3n) is 3.48. The van der Waals surface area contributed by atoms with Crippen molar-refractivity contribution in [2.24, 2.45) is 11.8 Å². The maximum atomic E-state index is 3.57. The molecule has 2 nitrogen and oxygen atoms in total. The molecule has 0 radical (unpaired) electrons. The zero-order valence-electron chi connectivity index (χ0n) is 10.9. The first kappa shape index (κ1) is 13.0. The van der Waals surface area contributed by atoms with Gasteiger partial charge < -0.3 is 10.2 Å². The molecule has 1 saturated heterocycles. The average Bonchev–Trinajstić information content (AvgIpc) is 2.16. The van der Waals surface area contributed by atoms with Crippen molar-refractivity contribution in [3.63, 3.8) is 0 Å². The van der Waals surface area contributed by atoms with Gasteiger partial charge in [0.2, 0.25) is 0 Å². The van der Waals surface area contributed by atoms with E-state index in [1.807, 2.05) is 0 Å². The van der Waals surface area contributed by atoms with Crippen LogP contribution in [0.15, 0.2) is 0 Å². The summed E-state index contributed by atoms with van der Waals surface area (Å²) in [4.78, 5) is 2.62. The lowest BCUT2D eigenvalue weighted by atomic mass is 9.92. The van der Waals surface area contributed by atoms with Crippen LogP contribution in [0, 0.1) is 11.8 Å². The Morgan fingerprint density at radius 1 is 1.27 bits per heavy atom. The fraction of sp³-hybridized carbons (Fsp3) is 1.00. The van der Waals surface area contributed by atoms with E-state index in [0.29, 0.717) is 6.04 Å². The highest BCUT2D eigenvalue weighted by atomic mass is 15.1. The molecule has 0 aromatic rings. The summed E-state index contributed by atoms with van der Waals surface area (Å²) in [7, 11) is 0. The largest absolute Gasteiger partial charge is 0.313 e. The molecule has 1 rings (SSSR count). The van der Waals surface area contributed by atoms with Crippen molar-refractivity contribution in [1.29, 1.82) is 0 Å². The van der Waals surface area contributed by atoms with Crippen LogP contribution in [0.4, 0.5) is 0 Å². The van der Waals surface area contributed by atoms with Crippen molar-refractivity contribution in [3.8, 4) is 0 Å². The second-order valence-electron chi connectivity index (χ2n) is 5.47. The molecule has 2 heteroatoms. The van der Waals surface area contributed by atoms with Crippen LogP contribution in [0.5, 0.6) is 0 Å². The molecule has 0 aliphatic carbocycles. The van der Waals surface area contributed by atoms with Crippen LogP contribution in [-0.2, 0) is 0 Å². The van der Waals surface area contributed by atoms with Crippen LogP contribution in [0.3, 0.4) is 0 Å². The molecule has 90 valence electrons. The molecule has 0 aromatic carbocycles. The van der Waals surface area contributed by atoms with Gasteiger partial charge in [-0.15, -0.1) is 0 Å². The molecule has 0 bridgehead atoms. The maximum absolute atomic E-state index is 3.57. The van der Waals surface area contributed by atoms with Crippen molar-refractivity contribution in [2.45, 2.75) is 46.6 Å². The first-order valence-corrected chi connectivity index (χ1v) is 6.57. The third kappa shape index (κ3) is 4.98. The number of hydrogen-bond donors (Lipinski definition) is 1. The minimum absolute atomic E-state index is 0.671. The summed E-state index contributed by atoms with van der Waals surface area (Å²) in [6.07, 6.45) is 2.64. The van der Waals surface area contributed by atoms with E-state index in [1.54, 1.807) is 0 Å². The number of nitrogens with zero attached hydrogens (tertiary/aromatic N) is 1. The Balaban J connectivity index is 2.15. The molecule has 15 heavy (non-hydrogen) atoms. The predicted molar refractivity (Wildman–Crippen MR) is 67.1 cm³/mol. The van der Waals surface area contributed by atoms with E-state index in [9.17, 15) is 0 Å². The molecule has 1 N–H and O–H groups in total. The summed E-state index contributed by atoms with van der Waals surface area (Å²) in [5.74, 6) is 1.77. The summed E-state index contributed by atoms with van der Waals surface area (Å²) in [6, 6.07) is 0.671. The molecular formula is C13H28N2. The van der Waals surface area contributed by atoms with E-state index in [0.717, 1.165) is 18.4 Å². The zero-order chi connectivity index (χ0) is 11.3. The van der Waals surface area contributed by atoms with Gasteiger partial charge in [-0.3, -0.25) is 0 Å². The summed E-state index contributed by atoms with van der Waals surface area (Å²) in [6.45, 7) is 14.2. The van der Waals surface area contributed by atoms with Gasteiger partial charge in [-0.2, -0.15) is 0 Å². The Bertz CT molecular complexity index is 160. The number of hydrogen-bond acceptors (Lipinski definition) is 2. The van der Waals surface area contributed by atoms with Gasteiger partial charge in [-0.25, -0.2) is 0 Å². The Morgan fingerprint density at radius 2 is 1.87 bits per heavy atom. The lowest BCUT2D eigenvalue weighted by molar-refractivity contribution is 0.141. The molecule has 1 aliphatic rings. The molecule has 0 saturated carbocycles. The topological polar surface area (TPSA) is 15.3 Å². The molecule has 1 fully saturated rings. The van der Waals surface area contributed by atoms with Gasteiger partial charge in [-0.05, 0) is 31.6 Å². The second kappa shape index (κ2) is 6.49. The summed E-state index contributed by atoms with van der Waals surface area (Å²) >= 11 is 0. The Hall–Kier alpha value is -0.0800. The number of rotatable bonds is 5. The van der Waals surface area contributed by atoms with Crippen LogP contribution in [0.1, 0.15) is 40.5 Å². The Kier molecular flexibility index (Phi) is 5.62. The quantitative estimate of drug-likeness (QED) is 0.752. The van der Waals surface area contributed by atoms with Crippen molar-refractivity contribution >= 4 is 0 Å². The van der Waals surface area contributed by atoms with Crippen LogP contribution < -0.4 is 5.32 Å². The molecule has 0 aromatic heterocycles. The molecule has 1 heterocycles. The summed E-state index contributed by atoms with van der Waals surface area (Å²) in [5.41, 5.74) is 0. The highest BCUT2D eigenvalue weighted by Gasteiger charge is 2.20. The fourth-order valence-electron chi connectivity index (χ4n) is 2.59. The Morgan fingerprint density at radius 3 is 2.40 bits per heavy atom. The zero-order valence-corrected chi connectivity index (χ0v) is 10.9. The fourth-order valence-corrected chi connectivity index (χ4v) is 2.59. The standard InChI is InChI=1S/C13H28N2/c1-5-13(4)14-6-7-15-9-11(2)8-12(3)10-15/h11-14H,5-10H2,1-4H3. The van der Waals surface area contributed by atoms with Crippen molar-refractivity contribution < 1.29 is 0 Å². The smallest absolute Gasteiger partial charge is 0.0107 e. The highest BCUT2D eigenvalue weighted by Crippen LogP contribution is 2.20. The van der Waals surface area contributed by atoms with E-state index < -0.39 is 0 Å².